The van der Waals surface area contributed by atoms with Gasteiger partial charge in [0, 0.05) is 32.0 Å². The molecule has 3 rings (SSSR count). The van der Waals surface area contributed by atoms with Crippen molar-refractivity contribution in [3.05, 3.63) is 29.8 Å². The number of amides is 2. The highest BCUT2D eigenvalue weighted by atomic mass is 19.4. The molecule has 0 saturated carbocycles. The van der Waals surface area contributed by atoms with Crippen LogP contribution in [0.25, 0.3) is 0 Å². The van der Waals surface area contributed by atoms with E-state index in [0.717, 1.165) is 26.1 Å². The Hall–Kier alpha value is -1.76. The van der Waals surface area contributed by atoms with E-state index < -0.39 is 12.6 Å². The van der Waals surface area contributed by atoms with E-state index in [2.05, 4.69) is 5.32 Å². The molecule has 2 atom stereocenters. The third-order valence-electron chi connectivity index (χ3n) is 4.75. The summed E-state index contributed by atoms with van der Waals surface area (Å²) in [7, 11) is 0. The number of rotatable bonds is 3. The van der Waals surface area contributed by atoms with Crippen LogP contribution in [-0.4, -0.2) is 43.4 Å². The molecule has 2 aliphatic heterocycles. The van der Waals surface area contributed by atoms with Gasteiger partial charge in [-0.2, -0.15) is 13.2 Å². The van der Waals surface area contributed by atoms with Crippen molar-refractivity contribution in [3.63, 3.8) is 0 Å². The zero-order valence-electron chi connectivity index (χ0n) is 13.3. The van der Waals surface area contributed by atoms with Gasteiger partial charge in [0.05, 0.1) is 6.42 Å². The number of alkyl halides is 3. The van der Waals surface area contributed by atoms with Crippen molar-refractivity contribution in [2.45, 2.75) is 25.4 Å². The molecule has 2 saturated heterocycles. The predicted octanol–water partition coefficient (Wildman–Crippen LogP) is 3.68. The minimum absolute atomic E-state index is 0.183. The number of ether oxygens (including phenoxy) is 1. The van der Waals surface area contributed by atoms with Crippen LogP contribution in [0.4, 0.5) is 23.7 Å². The lowest BCUT2D eigenvalue weighted by atomic mass is 9.91. The van der Waals surface area contributed by atoms with Crippen LogP contribution in [0, 0.1) is 11.8 Å². The highest BCUT2D eigenvalue weighted by Gasteiger charge is 2.33. The minimum atomic E-state index is -4.22. The fourth-order valence-corrected chi connectivity index (χ4v) is 3.42. The molecule has 0 aliphatic carbocycles. The van der Waals surface area contributed by atoms with Crippen LogP contribution in [-0.2, 0) is 11.2 Å². The van der Waals surface area contributed by atoms with Crippen molar-refractivity contribution >= 4 is 11.7 Å². The maximum absolute atomic E-state index is 12.3. The number of nitrogens with zero attached hydrogens (tertiary/aromatic N) is 1. The van der Waals surface area contributed by atoms with Gasteiger partial charge in [-0.15, -0.1) is 0 Å². The molecule has 7 heteroatoms. The number of halogens is 3. The van der Waals surface area contributed by atoms with Gasteiger partial charge in [-0.05, 0) is 42.4 Å². The lowest BCUT2D eigenvalue weighted by Gasteiger charge is -2.19. The zero-order chi connectivity index (χ0) is 17.2. The van der Waals surface area contributed by atoms with Crippen LogP contribution in [0.15, 0.2) is 24.3 Å². The van der Waals surface area contributed by atoms with Crippen LogP contribution in [0.1, 0.15) is 18.4 Å². The van der Waals surface area contributed by atoms with Crippen LogP contribution in [0.2, 0.25) is 0 Å². The Balaban J connectivity index is 1.51. The fraction of sp³-hybridized carbons (Fsp3) is 0.588. The SMILES string of the molecule is O=C(Nc1ccc(CC(F)(F)F)cc1)N1CC[C@H]([C@H]2CCOC2)C1. The normalized spacial score (nSPS) is 24.4. The number of carbonyl (C=O) groups excluding carboxylic acids is 1. The lowest BCUT2D eigenvalue weighted by Crippen LogP contribution is -2.33. The summed E-state index contributed by atoms with van der Waals surface area (Å²) in [5.74, 6) is 1.01. The van der Waals surface area contributed by atoms with Gasteiger partial charge in [0.25, 0.3) is 0 Å². The maximum atomic E-state index is 12.3. The van der Waals surface area contributed by atoms with Gasteiger partial charge >= 0.3 is 12.2 Å². The summed E-state index contributed by atoms with van der Waals surface area (Å²) in [6.45, 7) is 3.00. The third-order valence-corrected chi connectivity index (χ3v) is 4.75. The van der Waals surface area contributed by atoms with Gasteiger partial charge in [-0.3, -0.25) is 0 Å². The first-order chi connectivity index (χ1) is 11.4. The van der Waals surface area contributed by atoms with Crippen LogP contribution in [0.3, 0.4) is 0 Å². The highest BCUT2D eigenvalue weighted by molar-refractivity contribution is 5.89. The van der Waals surface area contributed by atoms with Gasteiger partial charge in [-0.1, -0.05) is 12.1 Å². The molecule has 2 aliphatic rings. The maximum Gasteiger partial charge on any atom is 0.393 e. The molecule has 1 N–H and O–H groups in total. The Labute approximate surface area is 139 Å². The van der Waals surface area contributed by atoms with Crippen molar-refractivity contribution in [1.82, 2.24) is 4.90 Å². The number of urea groups is 1. The molecule has 0 unspecified atom stereocenters. The van der Waals surface area contributed by atoms with Crippen LogP contribution < -0.4 is 5.32 Å². The number of benzene rings is 1. The summed E-state index contributed by atoms with van der Waals surface area (Å²) >= 11 is 0. The Morgan fingerprint density at radius 1 is 1.21 bits per heavy atom. The summed E-state index contributed by atoms with van der Waals surface area (Å²) < 4.78 is 42.4. The van der Waals surface area contributed by atoms with E-state index in [1.807, 2.05) is 0 Å². The van der Waals surface area contributed by atoms with Gasteiger partial charge in [0.2, 0.25) is 0 Å². The summed E-state index contributed by atoms with van der Waals surface area (Å²) in [5.41, 5.74) is 0.696. The molecular weight excluding hydrogens is 321 g/mol. The van der Waals surface area contributed by atoms with E-state index in [-0.39, 0.29) is 11.6 Å². The highest BCUT2D eigenvalue weighted by Crippen LogP contribution is 2.30. The lowest BCUT2D eigenvalue weighted by molar-refractivity contribution is -0.127. The van der Waals surface area contributed by atoms with Gasteiger partial charge in [-0.25, -0.2) is 4.79 Å². The van der Waals surface area contributed by atoms with Gasteiger partial charge in [0.15, 0.2) is 0 Å². The Morgan fingerprint density at radius 3 is 2.58 bits per heavy atom. The Morgan fingerprint density at radius 2 is 1.96 bits per heavy atom. The molecule has 1 aromatic carbocycles. The average Bonchev–Trinajstić information content (AvgIpc) is 3.18. The van der Waals surface area contributed by atoms with E-state index in [4.69, 9.17) is 4.74 Å². The first kappa shape index (κ1) is 17.1. The molecular formula is C17H21F3N2O2. The van der Waals surface area contributed by atoms with Gasteiger partial charge < -0.3 is 15.0 Å². The fourth-order valence-electron chi connectivity index (χ4n) is 3.42. The third kappa shape index (κ3) is 4.41. The number of anilines is 1. The largest absolute Gasteiger partial charge is 0.393 e. The second kappa shape index (κ2) is 7.01. The molecule has 0 spiro atoms. The quantitative estimate of drug-likeness (QED) is 0.910. The molecule has 0 bridgehead atoms. The predicted molar refractivity (Wildman–Crippen MR) is 83.8 cm³/mol. The summed E-state index contributed by atoms with van der Waals surface area (Å²) in [4.78, 5) is 14.1. The summed E-state index contributed by atoms with van der Waals surface area (Å²) in [5, 5.41) is 2.76. The van der Waals surface area contributed by atoms with Crippen LogP contribution in [0.5, 0.6) is 0 Å². The van der Waals surface area contributed by atoms with E-state index in [1.54, 1.807) is 4.90 Å². The second-order valence-electron chi connectivity index (χ2n) is 6.54. The van der Waals surface area contributed by atoms with Crippen molar-refractivity contribution < 1.29 is 22.7 Å². The molecule has 0 radical (unpaired) electrons. The van der Waals surface area contributed by atoms with Crippen molar-refractivity contribution in [2.75, 3.05) is 31.6 Å². The molecule has 1 aromatic rings. The molecule has 0 aromatic heterocycles. The number of carbonyl (C=O) groups is 1. The summed E-state index contributed by atoms with van der Waals surface area (Å²) in [6.07, 6.45) is -3.15. The second-order valence-corrected chi connectivity index (χ2v) is 6.54. The number of nitrogens with one attached hydrogen (secondary N) is 1. The topological polar surface area (TPSA) is 41.6 Å². The van der Waals surface area contributed by atoms with Crippen LogP contribution >= 0.6 is 0 Å². The van der Waals surface area contributed by atoms with Crippen molar-refractivity contribution in [1.29, 1.82) is 0 Å². The molecule has 132 valence electrons. The Bertz CT molecular complexity index is 568. The minimum Gasteiger partial charge on any atom is -0.381 e. The van der Waals surface area contributed by atoms with E-state index in [1.165, 1.54) is 24.3 Å². The molecule has 24 heavy (non-hydrogen) atoms. The molecule has 4 nitrogen and oxygen atoms in total. The van der Waals surface area contributed by atoms with Gasteiger partial charge in [0.1, 0.15) is 0 Å². The average molecular weight is 342 g/mol. The van der Waals surface area contributed by atoms with E-state index >= 15 is 0 Å². The number of likely N-dealkylation sites (tertiary alicyclic amines) is 1. The molecule has 2 amide bonds. The van der Waals surface area contributed by atoms with Crippen molar-refractivity contribution in [3.8, 4) is 0 Å². The van der Waals surface area contributed by atoms with E-state index in [0.29, 0.717) is 30.6 Å². The monoisotopic (exact) mass is 342 g/mol. The Kier molecular flexibility index (Phi) is 4.99. The first-order valence-corrected chi connectivity index (χ1v) is 8.20. The first-order valence-electron chi connectivity index (χ1n) is 8.20. The number of hydrogen-bond acceptors (Lipinski definition) is 2. The standard InChI is InChI=1S/C17H21F3N2O2/c18-17(19,20)9-12-1-3-15(4-2-12)21-16(23)22-7-5-13(10-22)14-6-8-24-11-14/h1-4,13-14H,5-11H2,(H,21,23)/t13-,14-/m0/s1. The molecule has 2 heterocycles. The summed E-state index contributed by atoms with van der Waals surface area (Å²) in [6, 6.07) is 5.62. The number of hydrogen-bond donors (Lipinski definition) is 1. The van der Waals surface area contributed by atoms with Crippen molar-refractivity contribution in [2.24, 2.45) is 11.8 Å². The van der Waals surface area contributed by atoms with E-state index in [9.17, 15) is 18.0 Å². The molecule has 2 fully saturated rings. The zero-order valence-corrected chi connectivity index (χ0v) is 13.3. The smallest absolute Gasteiger partial charge is 0.381 e.